The molecule has 1 N–H and O–H groups in total. The molecule has 2 aromatic rings. The third kappa shape index (κ3) is 8.24. The molecule has 1 aliphatic rings. The van der Waals surface area contributed by atoms with Crippen LogP contribution in [0.3, 0.4) is 0 Å². The van der Waals surface area contributed by atoms with Crippen molar-refractivity contribution in [1.29, 1.82) is 0 Å². The standard InChI is InChI=1S/C22H21BrF7IN4O2S/c1-34(11-21(25,26)27)12-2-3-35(10-12)18-8-16(24)15(23)7-17(18)33-20(36)13-9-32-19(37-4-5-38-31)6-14(13)22(28,29)30/h6-9,12H,2-5,10-11H2,1H3,(H,33,36)/t12-/m1/s1. The lowest BCUT2D eigenvalue weighted by molar-refractivity contribution is -0.146. The quantitative estimate of drug-likeness (QED) is 0.174. The van der Waals surface area contributed by atoms with Gasteiger partial charge in [-0.15, -0.1) is 0 Å². The largest absolute Gasteiger partial charge is 0.477 e. The van der Waals surface area contributed by atoms with Crippen LogP contribution < -0.4 is 15.0 Å². The predicted octanol–water partition coefficient (Wildman–Crippen LogP) is 6.79. The number of nitrogens with one attached hydrogen (secondary N) is 1. The van der Waals surface area contributed by atoms with Crippen LogP contribution in [0.15, 0.2) is 28.9 Å². The van der Waals surface area contributed by atoms with Crippen molar-refractivity contribution >= 4 is 63.4 Å². The van der Waals surface area contributed by atoms with Gasteiger partial charge in [-0.3, -0.25) is 9.69 Å². The van der Waals surface area contributed by atoms with E-state index in [4.69, 9.17) is 4.74 Å². The minimum absolute atomic E-state index is 0.0186. The molecule has 38 heavy (non-hydrogen) atoms. The molecule has 0 unspecified atom stereocenters. The van der Waals surface area contributed by atoms with Crippen molar-refractivity contribution in [1.82, 2.24) is 9.88 Å². The third-order valence-corrected chi connectivity index (χ3v) is 7.93. The van der Waals surface area contributed by atoms with Gasteiger partial charge in [0.15, 0.2) is 0 Å². The van der Waals surface area contributed by atoms with Gasteiger partial charge in [-0.05, 0) is 56.7 Å². The number of hydrogen-bond acceptors (Lipinski definition) is 6. The summed E-state index contributed by atoms with van der Waals surface area (Å²) >= 11 is 5.01. The number of likely N-dealkylation sites (N-methyl/N-ethyl adjacent to an activating group) is 1. The number of anilines is 2. The Morgan fingerprint density at radius 1 is 1.29 bits per heavy atom. The van der Waals surface area contributed by atoms with E-state index in [9.17, 15) is 35.5 Å². The lowest BCUT2D eigenvalue weighted by atomic mass is 10.1. The van der Waals surface area contributed by atoms with Gasteiger partial charge in [0, 0.05) is 43.2 Å². The van der Waals surface area contributed by atoms with E-state index in [2.05, 4.69) is 26.2 Å². The minimum atomic E-state index is -4.90. The van der Waals surface area contributed by atoms with Crippen LogP contribution in [0.1, 0.15) is 22.3 Å². The van der Waals surface area contributed by atoms with Gasteiger partial charge in [0.2, 0.25) is 5.88 Å². The molecule has 1 aromatic carbocycles. The average Bonchev–Trinajstić information content (AvgIpc) is 3.30. The maximum Gasteiger partial charge on any atom is 0.417 e. The SMILES string of the molecule is CN(CC(F)(F)F)[C@@H]1CCN(c2cc(F)c(Br)cc2NC(=O)c2cnc(OCCSI)cc2C(F)(F)F)C1. The predicted molar refractivity (Wildman–Crippen MR) is 143 cm³/mol. The topological polar surface area (TPSA) is 57.7 Å². The first-order chi connectivity index (χ1) is 17.7. The van der Waals surface area contributed by atoms with Gasteiger partial charge >= 0.3 is 12.4 Å². The number of carbonyl (C=O) groups is 1. The molecule has 6 nitrogen and oxygen atoms in total. The zero-order valence-electron chi connectivity index (χ0n) is 19.6. The number of aromatic nitrogens is 1. The molecule has 1 aromatic heterocycles. The first kappa shape index (κ1) is 31.0. The molecule has 0 radical (unpaired) electrons. The van der Waals surface area contributed by atoms with Crippen molar-refractivity contribution in [3.63, 3.8) is 0 Å². The van der Waals surface area contributed by atoms with E-state index in [1.165, 1.54) is 22.0 Å². The third-order valence-electron chi connectivity index (χ3n) is 5.68. The molecule has 2 heterocycles. The monoisotopic (exact) mass is 744 g/mol. The summed E-state index contributed by atoms with van der Waals surface area (Å²) in [7, 11) is 2.73. The van der Waals surface area contributed by atoms with Crippen LogP contribution in [-0.2, 0) is 6.18 Å². The van der Waals surface area contributed by atoms with E-state index >= 15 is 0 Å². The van der Waals surface area contributed by atoms with Gasteiger partial charge < -0.3 is 15.0 Å². The maximum absolute atomic E-state index is 14.4. The van der Waals surface area contributed by atoms with Crippen LogP contribution >= 0.6 is 46.1 Å². The molecule has 3 rings (SSSR count). The Labute approximate surface area is 238 Å². The number of pyridine rings is 1. The Bertz CT molecular complexity index is 1160. The lowest BCUT2D eigenvalue weighted by Crippen LogP contribution is -2.40. The van der Waals surface area contributed by atoms with Crippen LogP contribution in [0.4, 0.5) is 42.1 Å². The van der Waals surface area contributed by atoms with Gasteiger partial charge in [-0.25, -0.2) is 9.37 Å². The van der Waals surface area contributed by atoms with Gasteiger partial charge in [0.1, 0.15) is 5.82 Å². The summed E-state index contributed by atoms with van der Waals surface area (Å²) in [5, 5.41) is 2.38. The zero-order valence-corrected chi connectivity index (χ0v) is 24.2. The number of halogens is 9. The molecule has 16 heteroatoms. The van der Waals surface area contributed by atoms with Crippen molar-refractivity contribution in [3.8, 4) is 5.88 Å². The van der Waals surface area contributed by atoms with Crippen molar-refractivity contribution in [2.75, 3.05) is 49.3 Å². The van der Waals surface area contributed by atoms with Gasteiger partial charge in [-0.2, -0.15) is 26.3 Å². The number of rotatable bonds is 9. The molecule has 1 fully saturated rings. The average molecular weight is 745 g/mol. The molecule has 0 aliphatic carbocycles. The summed E-state index contributed by atoms with van der Waals surface area (Å²) in [6.45, 7) is -0.680. The fourth-order valence-corrected chi connectivity index (χ4v) is 4.96. The molecule has 1 saturated heterocycles. The van der Waals surface area contributed by atoms with Crippen molar-refractivity contribution in [2.45, 2.75) is 24.8 Å². The van der Waals surface area contributed by atoms with E-state index in [0.29, 0.717) is 18.2 Å². The van der Waals surface area contributed by atoms with Crippen molar-refractivity contribution < 1.29 is 40.3 Å². The normalized spacial score (nSPS) is 16.3. The van der Waals surface area contributed by atoms with Gasteiger partial charge in [-0.1, -0.05) is 8.93 Å². The lowest BCUT2D eigenvalue weighted by Gasteiger charge is -2.27. The van der Waals surface area contributed by atoms with E-state index in [1.807, 2.05) is 21.2 Å². The van der Waals surface area contributed by atoms with E-state index in [0.717, 1.165) is 17.2 Å². The number of benzene rings is 1. The number of ether oxygens (including phenoxy) is 1. The summed E-state index contributed by atoms with van der Waals surface area (Å²) in [5.74, 6) is -1.65. The van der Waals surface area contributed by atoms with Crippen molar-refractivity contribution in [2.24, 2.45) is 0 Å². The van der Waals surface area contributed by atoms with E-state index in [-0.39, 0.29) is 41.4 Å². The fraction of sp³-hybridized carbons (Fsp3) is 0.455. The van der Waals surface area contributed by atoms with E-state index in [1.54, 1.807) is 4.90 Å². The summed E-state index contributed by atoms with van der Waals surface area (Å²) in [6, 6.07) is 2.38. The number of amides is 1. The summed E-state index contributed by atoms with van der Waals surface area (Å²) in [4.78, 5) is 19.5. The van der Waals surface area contributed by atoms with E-state index < -0.39 is 47.8 Å². The second-order valence-corrected chi connectivity index (χ2v) is 11.7. The van der Waals surface area contributed by atoms with Crippen LogP contribution in [0.2, 0.25) is 0 Å². The molecule has 0 bridgehead atoms. The molecular formula is C22H21BrF7IN4O2S. The molecule has 0 spiro atoms. The highest BCUT2D eigenvalue weighted by Gasteiger charge is 2.37. The molecule has 1 atom stereocenters. The van der Waals surface area contributed by atoms with Gasteiger partial charge in [0.25, 0.3) is 5.91 Å². The van der Waals surface area contributed by atoms with Crippen LogP contribution in [-0.4, -0.2) is 67.1 Å². The van der Waals surface area contributed by atoms with Crippen molar-refractivity contribution in [3.05, 3.63) is 45.8 Å². The summed E-state index contributed by atoms with van der Waals surface area (Å²) in [6.07, 6.45) is -8.22. The van der Waals surface area contributed by atoms with Crippen LogP contribution in [0.5, 0.6) is 5.88 Å². The summed E-state index contributed by atoms with van der Waals surface area (Å²) in [5.41, 5.74) is -1.93. The van der Waals surface area contributed by atoms with Crippen LogP contribution in [0, 0.1) is 5.82 Å². The molecule has 0 saturated carbocycles. The molecular weight excluding hydrogens is 724 g/mol. The Kier molecular flexibility index (Phi) is 10.4. The first-order valence-electron chi connectivity index (χ1n) is 11.0. The second kappa shape index (κ2) is 12.8. The number of hydrogen-bond donors (Lipinski definition) is 1. The maximum atomic E-state index is 14.4. The number of nitrogens with zero attached hydrogens (tertiary/aromatic N) is 3. The van der Waals surface area contributed by atoms with Crippen LogP contribution in [0.25, 0.3) is 0 Å². The second-order valence-electron chi connectivity index (χ2n) is 8.38. The molecule has 210 valence electrons. The first-order valence-corrected chi connectivity index (χ1v) is 15.3. The number of carbonyl (C=O) groups excluding carboxylic acids is 1. The number of alkyl halides is 6. The summed E-state index contributed by atoms with van der Waals surface area (Å²) < 4.78 is 99.3. The Hall–Kier alpha value is -1.53. The molecule has 1 aliphatic heterocycles. The smallest absolute Gasteiger partial charge is 0.417 e. The highest BCUT2D eigenvalue weighted by Crippen LogP contribution is 2.37. The highest BCUT2D eigenvalue weighted by molar-refractivity contribution is 14.2. The molecule has 1 amide bonds. The minimum Gasteiger partial charge on any atom is -0.477 e. The fourth-order valence-electron chi connectivity index (χ4n) is 3.93. The Balaban J connectivity index is 1.87. The Morgan fingerprint density at radius 3 is 2.63 bits per heavy atom. The zero-order chi connectivity index (χ0) is 28.3. The Morgan fingerprint density at radius 2 is 2.00 bits per heavy atom. The highest BCUT2D eigenvalue weighted by atomic mass is 127. The van der Waals surface area contributed by atoms with Gasteiger partial charge in [0.05, 0.1) is 40.1 Å².